The number of hydrogen-bond acceptors (Lipinski definition) is 5. The third kappa shape index (κ3) is 5.07. The van der Waals surface area contributed by atoms with E-state index in [2.05, 4.69) is 39.4 Å². The second kappa shape index (κ2) is 9.88. The van der Waals surface area contributed by atoms with E-state index < -0.39 is 0 Å². The third-order valence-corrected chi connectivity index (χ3v) is 5.95. The van der Waals surface area contributed by atoms with Gasteiger partial charge in [0, 0.05) is 17.7 Å². The first-order valence-electron chi connectivity index (χ1n) is 11.4. The number of likely N-dealkylation sites (tertiary alicyclic amines) is 1. The molecule has 4 aromatic rings. The third-order valence-electron chi connectivity index (χ3n) is 5.95. The van der Waals surface area contributed by atoms with Crippen molar-refractivity contribution in [2.24, 2.45) is 0 Å². The minimum atomic E-state index is 0.464. The number of ether oxygens (including phenoxy) is 2. The van der Waals surface area contributed by atoms with E-state index >= 15 is 0 Å². The molecule has 0 saturated carbocycles. The molecule has 1 aliphatic rings. The molecule has 0 radical (unpaired) electrons. The number of methoxy groups -OCH3 is 1. The Balaban J connectivity index is 1.35. The van der Waals surface area contributed by atoms with Crippen LogP contribution in [0.3, 0.4) is 0 Å². The Bertz CT molecular complexity index is 1200. The highest BCUT2D eigenvalue weighted by molar-refractivity contribution is 5.64. The zero-order valence-corrected chi connectivity index (χ0v) is 18.8. The van der Waals surface area contributed by atoms with E-state index in [1.165, 1.54) is 31.5 Å². The van der Waals surface area contributed by atoms with Crippen molar-refractivity contribution in [3.63, 3.8) is 0 Å². The van der Waals surface area contributed by atoms with Crippen LogP contribution < -0.4 is 9.47 Å². The van der Waals surface area contributed by atoms with Crippen LogP contribution in [-0.4, -0.2) is 40.3 Å². The fourth-order valence-corrected chi connectivity index (χ4v) is 4.20. The van der Waals surface area contributed by atoms with Crippen molar-refractivity contribution >= 4 is 0 Å². The summed E-state index contributed by atoms with van der Waals surface area (Å²) < 4.78 is 11.5. The molecular formula is C27H28N4O2. The molecule has 1 saturated heterocycles. The fourth-order valence-electron chi connectivity index (χ4n) is 4.20. The van der Waals surface area contributed by atoms with Gasteiger partial charge in [0.1, 0.15) is 6.61 Å². The van der Waals surface area contributed by atoms with Crippen LogP contribution in [0.5, 0.6) is 11.5 Å². The number of nitrogens with one attached hydrogen (secondary N) is 1. The molecule has 0 spiro atoms. The van der Waals surface area contributed by atoms with Crippen LogP contribution >= 0.6 is 0 Å². The largest absolute Gasteiger partial charge is 0.493 e. The number of H-pyrrole nitrogens is 1. The van der Waals surface area contributed by atoms with Crippen molar-refractivity contribution in [2.75, 3.05) is 20.2 Å². The maximum Gasteiger partial charge on any atom is 0.181 e. The molecule has 5 rings (SSSR count). The molecule has 0 aliphatic carbocycles. The van der Waals surface area contributed by atoms with Crippen LogP contribution in [0.15, 0.2) is 72.8 Å². The van der Waals surface area contributed by atoms with Gasteiger partial charge in [0.25, 0.3) is 0 Å². The van der Waals surface area contributed by atoms with Crippen molar-refractivity contribution in [1.82, 2.24) is 20.1 Å². The Kier molecular flexibility index (Phi) is 6.35. The van der Waals surface area contributed by atoms with Crippen molar-refractivity contribution in [3.8, 4) is 34.3 Å². The lowest BCUT2D eigenvalue weighted by Gasteiger charge is -2.14. The van der Waals surface area contributed by atoms with Gasteiger partial charge in [-0.2, -0.15) is 5.10 Å². The van der Waals surface area contributed by atoms with Gasteiger partial charge in [-0.05, 0) is 61.3 Å². The SMILES string of the molecule is COc1ccc(-c2nc(-c3cccc(CN4CCCC4)c3)n[nH]2)cc1OCc1ccccc1. The van der Waals surface area contributed by atoms with Crippen LogP contribution in [0, 0.1) is 0 Å². The van der Waals surface area contributed by atoms with E-state index in [1.807, 2.05) is 48.5 Å². The molecule has 3 aromatic carbocycles. The molecule has 33 heavy (non-hydrogen) atoms. The lowest BCUT2D eigenvalue weighted by Crippen LogP contribution is -2.18. The number of aromatic nitrogens is 3. The fraction of sp³-hybridized carbons (Fsp3) is 0.259. The predicted molar refractivity (Wildman–Crippen MR) is 129 cm³/mol. The minimum absolute atomic E-state index is 0.464. The summed E-state index contributed by atoms with van der Waals surface area (Å²) in [5.74, 6) is 2.74. The van der Waals surface area contributed by atoms with E-state index in [4.69, 9.17) is 14.5 Å². The summed E-state index contributed by atoms with van der Waals surface area (Å²) in [5.41, 5.74) is 4.30. The predicted octanol–water partition coefficient (Wildman–Crippen LogP) is 5.32. The van der Waals surface area contributed by atoms with Gasteiger partial charge in [-0.25, -0.2) is 4.98 Å². The molecular weight excluding hydrogens is 412 g/mol. The molecule has 1 aromatic heterocycles. The van der Waals surface area contributed by atoms with E-state index in [0.29, 0.717) is 29.8 Å². The van der Waals surface area contributed by atoms with Gasteiger partial charge < -0.3 is 9.47 Å². The molecule has 0 unspecified atom stereocenters. The van der Waals surface area contributed by atoms with Gasteiger partial charge in [0.15, 0.2) is 23.1 Å². The van der Waals surface area contributed by atoms with Crippen molar-refractivity contribution in [2.45, 2.75) is 26.0 Å². The van der Waals surface area contributed by atoms with Gasteiger partial charge >= 0.3 is 0 Å². The van der Waals surface area contributed by atoms with Crippen LogP contribution in [-0.2, 0) is 13.2 Å². The topological polar surface area (TPSA) is 63.3 Å². The molecule has 2 heterocycles. The second-order valence-electron chi connectivity index (χ2n) is 8.33. The molecule has 0 bridgehead atoms. The molecule has 0 amide bonds. The monoisotopic (exact) mass is 440 g/mol. The Morgan fingerprint density at radius 1 is 0.848 bits per heavy atom. The van der Waals surface area contributed by atoms with Crippen molar-refractivity contribution in [3.05, 3.63) is 83.9 Å². The van der Waals surface area contributed by atoms with Crippen LogP contribution in [0.25, 0.3) is 22.8 Å². The molecule has 6 nitrogen and oxygen atoms in total. The highest BCUT2D eigenvalue weighted by Crippen LogP contribution is 2.32. The summed E-state index contributed by atoms with van der Waals surface area (Å²) in [6, 6.07) is 24.4. The van der Waals surface area contributed by atoms with Gasteiger partial charge in [0.2, 0.25) is 0 Å². The summed E-state index contributed by atoms with van der Waals surface area (Å²) in [4.78, 5) is 7.26. The summed E-state index contributed by atoms with van der Waals surface area (Å²) in [7, 11) is 1.64. The first kappa shape index (κ1) is 21.2. The molecule has 1 aliphatic heterocycles. The van der Waals surface area contributed by atoms with Crippen LogP contribution in [0.1, 0.15) is 24.0 Å². The van der Waals surface area contributed by atoms with Gasteiger partial charge in [0.05, 0.1) is 7.11 Å². The van der Waals surface area contributed by atoms with Gasteiger partial charge in [-0.1, -0.05) is 48.5 Å². The highest BCUT2D eigenvalue weighted by Gasteiger charge is 2.14. The van der Waals surface area contributed by atoms with E-state index in [-0.39, 0.29) is 0 Å². The standard InChI is InChI=1S/C27H28N4O2/c1-32-24-13-12-23(17-25(24)33-19-20-8-3-2-4-9-20)27-28-26(29-30-27)22-11-7-10-21(16-22)18-31-14-5-6-15-31/h2-4,7-13,16-17H,5-6,14-15,18-19H2,1H3,(H,28,29,30). The lowest BCUT2D eigenvalue weighted by atomic mass is 10.1. The van der Waals surface area contributed by atoms with E-state index in [9.17, 15) is 0 Å². The molecule has 6 heteroatoms. The minimum Gasteiger partial charge on any atom is -0.493 e. The molecule has 0 atom stereocenters. The smallest absolute Gasteiger partial charge is 0.181 e. The number of benzene rings is 3. The quantitative estimate of drug-likeness (QED) is 0.402. The molecule has 1 N–H and O–H groups in total. The number of aromatic amines is 1. The zero-order chi connectivity index (χ0) is 22.5. The first-order chi connectivity index (χ1) is 16.3. The highest BCUT2D eigenvalue weighted by atomic mass is 16.5. The number of hydrogen-bond donors (Lipinski definition) is 1. The number of nitrogens with zero attached hydrogens (tertiary/aromatic N) is 3. The van der Waals surface area contributed by atoms with E-state index in [1.54, 1.807) is 7.11 Å². The maximum atomic E-state index is 6.05. The Morgan fingerprint density at radius 3 is 2.48 bits per heavy atom. The lowest BCUT2D eigenvalue weighted by molar-refractivity contribution is 0.284. The Morgan fingerprint density at radius 2 is 1.67 bits per heavy atom. The normalized spacial score (nSPS) is 13.8. The molecule has 1 fully saturated rings. The average molecular weight is 441 g/mol. The summed E-state index contributed by atoms with van der Waals surface area (Å²) in [5, 5.41) is 7.56. The Labute approximate surface area is 194 Å². The van der Waals surface area contributed by atoms with Crippen LogP contribution in [0.4, 0.5) is 0 Å². The summed E-state index contributed by atoms with van der Waals surface area (Å²) in [6.45, 7) is 3.81. The molecule has 168 valence electrons. The first-order valence-corrected chi connectivity index (χ1v) is 11.4. The Hall–Kier alpha value is -3.64. The zero-order valence-electron chi connectivity index (χ0n) is 18.8. The second-order valence-corrected chi connectivity index (χ2v) is 8.33. The summed E-state index contributed by atoms with van der Waals surface area (Å²) >= 11 is 0. The van der Waals surface area contributed by atoms with Crippen LogP contribution in [0.2, 0.25) is 0 Å². The van der Waals surface area contributed by atoms with Crippen molar-refractivity contribution < 1.29 is 9.47 Å². The van der Waals surface area contributed by atoms with Gasteiger partial charge in [-0.15, -0.1) is 0 Å². The number of rotatable bonds is 8. The maximum absolute atomic E-state index is 6.05. The van der Waals surface area contributed by atoms with Crippen molar-refractivity contribution in [1.29, 1.82) is 0 Å². The average Bonchev–Trinajstić information content (AvgIpc) is 3.56. The summed E-state index contributed by atoms with van der Waals surface area (Å²) in [6.07, 6.45) is 2.59. The van der Waals surface area contributed by atoms with Gasteiger partial charge in [-0.3, -0.25) is 10.00 Å². The van der Waals surface area contributed by atoms with E-state index in [0.717, 1.165) is 23.2 Å².